The smallest absolute Gasteiger partial charge is 0.469 e. The first-order chi connectivity index (χ1) is 8.24. The minimum absolute atomic E-state index is 0.0999. The highest BCUT2D eigenvalue weighted by Gasteiger charge is 2.34. The Kier molecular flexibility index (Phi) is 4.77. The molecule has 0 aliphatic carbocycles. The van der Waals surface area contributed by atoms with Gasteiger partial charge in [-0.05, 0) is 29.5 Å². The third-order valence-electron chi connectivity index (χ3n) is 2.05. The number of ether oxygens (including phenoxy) is 2. The molecule has 0 unspecified atom stereocenters. The van der Waals surface area contributed by atoms with Gasteiger partial charge in [-0.25, -0.2) is 0 Å². The minimum Gasteiger partial charge on any atom is -0.469 e. The summed E-state index contributed by atoms with van der Waals surface area (Å²) in [6.07, 6.45) is -3.83. The summed E-state index contributed by atoms with van der Waals surface area (Å²) < 4.78 is 45.7. The predicted molar refractivity (Wildman–Crippen MR) is 64.1 cm³/mol. The molecule has 0 aliphatic heterocycles. The van der Waals surface area contributed by atoms with Crippen molar-refractivity contribution < 1.29 is 27.4 Å². The van der Waals surface area contributed by atoms with Crippen molar-refractivity contribution in [2.75, 3.05) is 7.11 Å². The van der Waals surface area contributed by atoms with E-state index in [0.717, 1.165) is 7.11 Å². The molecule has 0 fully saturated rings. The number of nitrogens with zero attached hydrogens (tertiary/aromatic N) is 1. The number of carbonyl (C=O) groups is 1. The fourth-order valence-electron chi connectivity index (χ4n) is 1.20. The summed E-state index contributed by atoms with van der Waals surface area (Å²) in [7, 11) is 1.15. The predicted octanol–water partition coefficient (Wildman–Crippen LogP) is 2.61. The van der Waals surface area contributed by atoms with E-state index >= 15 is 0 Å². The van der Waals surface area contributed by atoms with Gasteiger partial charge < -0.3 is 9.47 Å². The normalized spacial score (nSPS) is 11.2. The van der Waals surface area contributed by atoms with Crippen molar-refractivity contribution in [2.24, 2.45) is 0 Å². The first-order valence-corrected chi connectivity index (χ1v) is 5.79. The number of carbonyl (C=O) groups excluding carboxylic acids is 1. The third-order valence-corrected chi connectivity index (χ3v) is 3.14. The number of aromatic nitrogens is 1. The number of esters is 1. The van der Waals surface area contributed by atoms with E-state index in [-0.39, 0.29) is 17.7 Å². The fraction of sp³-hybridized carbons (Fsp3) is 0.400. The van der Waals surface area contributed by atoms with Crippen LogP contribution in [0, 0.1) is 10.5 Å². The van der Waals surface area contributed by atoms with Crippen molar-refractivity contribution >= 4 is 28.6 Å². The Morgan fingerprint density at radius 3 is 2.61 bits per heavy atom. The van der Waals surface area contributed by atoms with Crippen molar-refractivity contribution in [3.63, 3.8) is 0 Å². The van der Waals surface area contributed by atoms with Crippen LogP contribution in [0.15, 0.2) is 6.20 Å². The third kappa shape index (κ3) is 4.00. The van der Waals surface area contributed by atoms with Crippen molar-refractivity contribution in [1.29, 1.82) is 0 Å². The summed E-state index contributed by atoms with van der Waals surface area (Å²) in [4.78, 5) is 14.9. The summed E-state index contributed by atoms with van der Waals surface area (Å²) in [6.45, 7) is 1.46. The second kappa shape index (κ2) is 5.72. The van der Waals surface area contributed by atoms with Gasteiger partial charge in [0.1, 0.15) is 0 Å². The molecule has 0 spiro atoms. The van der Waals surface area contributed by atoms with Crippen LogP contribution < -0.4 is 4.74 Å². The number of halogens is 4. The molecule has 0 saturated carbocycles. The van der Waals surface area contributed by atoms with E-state index in [1.165, 1.54) is 13.1 Å². The van der Waals surface area contributed by atoms with Gasteiger partial charge in [0.25, 0.3) is 0 Å². The summed E-state index contributed by atoms with van der Waals surface area (Å²) >= 11 is 1.84. The van der Waals surface area contributed by atoms with Crippen LogP contribution in [0.1, 0.15) is 11.3 Å². The Bertz CT molecular complexity index is 462. The SMILES string of the molecule is COC(=O)Cc1ncc(I)c(C)c1OC(F)(F)F. The Labute approximate surface area is 115 Å². The van der Waals surface area contributed by atoms with Gasteiger partial charge in [-0.1, -0.05) is 0 Å². The highest BCUT2D eigenvalue weighted by Crippen LogP contribution is 2.31. The molecular weight excluding hydrogens is 366 g/mol. The van der Waals surface area contributed by atoms with Crippen molar-refractivity contribution in [1.82, 2.24) is 4.98 Å². The van der Waals surface area contributed by atoms with Crippen molar-refractivity contribution in [3.8, 4) is 5.75 Å². The Morgan fingerprint density at radius 1 is 1.50 bits per heavy atom. The molecule has 0 atom stereocenters. The van der Waals surface area contributed by atoms with Crippen LogP contribution in [0.25, 0.3) is 0 Å². The molecule has 1 aromatic rings. The lowest BCUT2D eigenvalue weighted by Crippen LogP contribution is -2.20. The van der Waals surface area contributed by atoms with Gasteiger partial charge in [-0.2, -0.15) is 0 Å². The number of rotatable bonds is 3. The maximum absolute atomic E-state index is 12.3. The van der Waals surface area contributed by atoms with Crippen LogP contribution in [-0.2, 0) is 16.0 Å². The van der Waals surface area contributed by atoms with Crippen molar-refractivity contribution in [3.05, 3.63) is 21.0 Å². The van der Waals surface area contributed by atoms with Crippen LogP contribution in [0.3, 0.4) is 0 Å². The maximum Gasteiger partial charge on any atom is 0.573 e. The zero-order valence-electron chi connectivity index (χ0n) is 9.47. The average Bonchev–Trinajstić information content (AvgIpc) is 2.27. The molecule has 8 heteroatoms. The second-order valence-electron chi connectivity index (χ2n) is 3.31. The molecule has 0 radical (unpaired) electrons. The molecule has 0 aromatic carbocycles. The molecule has 0 aliphatic rings. The number of pyridine rings is 1. The zero-order valence-corrected chi connectivity index (χ0v) is 11.6. The second-order valence-corrected chi connectivity index (χ2v) is 4.47. The number of methoxy groups -OCH3 is 1. The molecule has 1 heterocycles. The van der Waals surface area contributed by atoms with E-state index in [1.54, 1.807) is 0 Å². The first kappa shape index (κ1) is 15.0. The molecule has 100 valence electrons. The van der Waals surface area contributed by atoms with E-state index in [2.05, 4.69) is 14.5 Å². The van der Waals surface area contributed by atoms with Crippen molar-refractivity contribution in [2.45, 2.75) is 19.7 Å². The van der Waals surface area contributed by atoms with Gasteiger partial charge in [0.15, 0.2) is 5.75 Å². The summed E-state index contributed by atoms with van der Waals surface area (Å²) in [5, 5.41) is 0. The molecule has 4 nitrogen and oxygen atoms in total. The Balaban J connectivity index is 3.17. The zero-order chi connectivity index (χ0) is 13.9. The van der Waals surface area contributed by atoms with E-state index in [1.807, 2.05) is 22.6 Å². The summed E-state index contributed by atoms with van der Waals surface area (Å²) in [5.41, 5.74) is 0.180. The Hall–Kier alpha value is -1.06. The fourth-order valence-corrected chi connectivity index (χ4v) is 1.59. The van der Waals surface area contributed by atoms with Crippen LogP contribution in [0.2, 0.25) is 0 Å². The number of hydrogen-bond acceptors (Lipinski definition) is 4. The quantitative estimate of drug-likeness (QED) is 0.602. The monoisotopic (exact) mass is 375 g/mol. The van der Waals surface area contributed by atoms with E-state index < -0.39 is 18.1 Å². The molecule has 0 amide bonds. The van der Waals surface area contributed by atoms with Crippen LogP contribution in [0.5, 0.6) is 5.75 Å². The van der Waals surface area contributed by atoms with Gasteiger partial charge in [0, 0.05) is 15.3 Å². The molecule has 0 bridgehead atoms. The van der Waals surface area contributed by atoms with Gasteiger partial charge in [-0.3, -0.25) is 9.78 Å². The molecule has 1 rings (SSSR count). The largest absolute Gasteiger partial charge is 0.573 e. The van der Waals surface area contributed by atoms with E-state index in [4.69, 9.17) is 0 Å². The molecule has 1 aromatic heterocycles. The number of alkyl halides is 3. The van der Waals surface area contributed by atoms with Gasteiger partial charge in [-0.15, -0.1) is 13.2 Å². The lowest BCUT2D eigenvalue weighted by Gasteiger charge is -2.15. The van der Waals surface area contributed by atoms with Gasteiger partial charge in [0.2, 0.25) is 0 Å². The van der Waals surface area contributed by atoms with E-state index in [9.17, 15) is 18.0 Å². The highest BCUT2D eigenvalue weighted by atomic mass is 127. The minimum atomic E-state index is -4.83. The summed E-state index contributed by atoms with van der Waals surface area (Å²) in [5.74, 6) is -1.13. The van der Waals surface area contributed by atoms with E-state index in [0.29, 0.717) is 3.57 Å². The van der Waals surface area contributed by atoms with Crippen LogP contribution in [0.4, 0.5) is 13.2 Å². The Morgan fingerprint density at radius 2 is 2.11 bits per heavy atom. The topological polar surface area (TPSA) is 48.4 Å². The van der Waals surface area contributed by atoms with Crippen LogP contribution >= 0.6 is 22.6 Å². The molecule has 18 heavy (non-hydrogen) atoms. The summed E-state index contributed by atoms with van der Waals surface area (Å²) in [6, 6.07) is 0. The van der Waals surface area contributed by atoms with Crippen LogP contribution in [-0.4, -0.2) is 24.4 Å². The van der Waals surface area contributed by atoms with Gasteiger partial charge in [0.05, 0.1) is 19.2 Å². The molecule has 0 N–H and O–H groups in total. The highest BCUT2D eigenvalue weighted by molar-refractivity contribution is 14.1. The van der Waals surface area contributed by atoms with Gasteiger partial charge >= 0.3 is 12.3 Å². The first-order valence-electron chi connectivity index (χ1n) is 4.71. The number of hydrogen-bond donors (Lipinski definition) is 0. The average molecular weight is 375 g/mol. The standard InChI is InChI=1S/C10H9F3INO3/c1-5-6(14)4-15-7(3-8(16)17-2)9(5)18-10(11,12)13/h4H,3H2,1-2H3. The molecule has 0 saturated heterocycles. The lowest BCUT2D eigenvalue weighted by molar-refractivity contribution is -0.275. The lowest BCUT2D eigenvalue weighted by atomic mass is 10.2. The maximum atomic E-state index is 12.3. The molecular formula is C10H9F3INO3.